The van der Waals surface area contributed by atoms with E-state index in [1.54, 1.807) is 18.2 Å². The summed E-state index contributed by atoms with van der Waals surface area (Å²) in [6.07, 6.45) is 0. The summed E-state index contributed by atoms with van der Waals surface area (Å²) >= 11 is 17.9. The molecule has 0 atom stereocenters. The number of nitrogens with zero attached hydrogens (tertiary/aromatic N) is 2. The number of anilines is 1. The number of nitrogens with one attached hydrogen (secondary N) is 1. The molecule has 1 aliphatic heterocycles. The van der Waals surface area contributed by atoms with E-state index in [0.29, 0.717) is 22.2 Å². The Bertz CT molecular complexity index is 759. The summed E-state index contributed by atoms with van der Waals surface area (Å²) in [6.45, 7) is 5.22. The molecule has 138 valence electrons. The van der Waals surface area contributed by atoms with E-state index >= 15 is 0 Å². The van der Waals surface area contributed by atoms with E-state index in [2.05, 4.69) is 15.1 Å². The van der Waals surface area contributed by atoms with E-state index in [1.807, 2.05) is 24.3 Å². The molecule has 3 rings (SSSR count). The largest absolute Gasteiger partial charge is 0.369 e. The number of carbonyl (C=O) groups is 1. The number of hydrogen-bond acceptors (Lipinski definition) is 3. The summed E-state index contributed by atoms with van der Waals surface area (Å²) in [7, 11) is 0. The van der Waals surface area contributed by atoms with Gasteiger partial charge in [-0.05, 0) is 42.5 Å². The molecule has 1 saturated heterocycles. The van der Waals surface area contributed by atoms with Crippen LogP contribution in [0.5, 0.6) is 0 Å². The van der Waals surface area contributed by atoms with Crippen LogP contribution in [0.2, 0.25) is 15.1 Å². The lowest BCUT2D eigenvalue weighted by Gasteiger charge is -2.36. The molecule has 1 amide bonds. The number of halogens is 3. The van der Waals surface area contributed by atoms with E-state index in [9.17, 15) is 4.79 Å². The molecule has 0 aliphatic carbocycles. The first kappa shape index (κ1) is 19.3. The van der Waals surface area contributed by atoms with Gasteiger partial charge in [0.15, 0.2) is 0 Å². The van der Waals surface area contributed by atoms with Gasteiger partial charge >= 0.3 is 0 Å². The van der Waals surface area contributed by atoms with Crippen LogP contribution >= 0.6 is 34.8 Å². The Hall–Kier alpha value is -1.46. The molecule has 1 fully saturated rings. The molecule has 2 aromatic rings. The maximum atomic E-state index is 12.2. The van der Waals surface area contributed by atoms with Crippen molar-refractivity contribution < 1.29 is 4.79 Å². The summed E-state index contributed by atoms with van der Waals surface area (Å²) in [5.41, 5.74) is 1.64. The Labute approximate surface area is 168 Å². The van der Waals surface area contributed by atoms with Gasteiger partial charge in [-0.15, -0.1) is 0 Å². The average Bonchev–Trinajstić information content (AvgIpc) is 2.63. The van der Waals surface area contributed by atoms with Gasteiger partial charge in [-0.2, -0.15) is 0 Å². The van der Waals surface area contributed by atoms with Gasteiger partial charge in [0, 0.05) is 55.0 Å². The number of hydrogen-bond donors (Lipinski definition) is 1. The highest BCUT2D eigenvalue weighted by atomic mass is 35.5. The fourth-order valence-electron chi connectivity index (χ4n) is 2.98. The van der Waals surface area contributed by atoms with Gasteiger partial charge in [-0.25, -0.2) is 0 Å². The van der Waals surface area contributed by atoms with Gasteiger partial charge in [0.2, 0.25) is 0 Å². The molecular weight excluding hydrogens is 393 g/mol. The van der Waals surface area contributed by atoms with Crippen LogP contribution in [0, 0.1) is 0 Å². The number of benzene rings is 2. The minimum Gasteiger partial charge on any atom is -0.369 e. The van der Waals surface area contributed by atoms with Crippen LogP contribution in [-0.2, 0) is 0 Å². The van der Waals surface area contributed by atoms with Crippen molar-refractivity contribution in [1.82, 2.24) is 10.2 Å². The lowest BCUT2D eigenvalue weighted by Crippen LogP contribution is -2.48. The summed E-state index contributed by atoms with van der Waals surface area (Å²) in [5, 5.41) is 4.56. The first-order valence-corrected chi connectivity index (χ1v) is 9.62. The Morgan fingerprint density at radius 2 is 1.58 bits per heavy atom. The third-order valence-corrected chi connectivity index (χ3v) is 5.25. The quantitative estimate of drug-likeness (QED) is 0.799. The van der Waals surface area contributed by atoms with Crippen LogP contribution in [-0.4, -0.2) is 50.1 Å². The normalized spacial score (nSPS) is 15.1. The summed E-state index contributed by atoms with van der Waals surface area (Å²) in [4.78, 5) is 16.9. The fourth-order valence-corrected chi connectivity index (χ4v) is 3.60. The first-order chi connectivity index (χ1) is 12.5. The minimum atomic E-state index is -0.175. The van der Waals surface area contributed by atoms with Gasteiger partial charge in [-0.3, -0.25) is 9.69 Å². The van der Waals surface area contributed by atoms with Gasteiger partial charge in [0.1, 0.15) is 0 Å². The predicted octanol–water partition coefficient (Wildman–Crippen LogP) is 4.20. The molecule has 2 aromatic carbocycles. The van der Waals surface area contributed by atoms with Crippen LogP contribution in [0.25, 0.3) is 0 Å². The third-order valence-electron chi connectivity index (χ3n) is 4.45. The molecule has 7 heteroatoms. The number of amides is 1. The van der Waals surface area contributed by atoms with Crippen LogP contribution in [0.3, 0.4) is 0 Å². The molecule has 0 aromatic heterocycles. The molecule has 26 heavy (non-hydrogen) atoms. The molecule has 0 bridgehead atoms. The van der Waals surface area contributed by atoms with Crippen molar-refractivity contribution in [2.45, 2.75) is 0 Å². The van der Waals surface area contributed by atoms with Crippen molar-refractivity contribution in [1.29, 1.82) is 0 Å². The second kappa shape index (κ2) is 8.96. The maximum absolute atomic E-state index is 12.2. The van der Waals surface area contributed by atoms with Crippen LogP contribution in [0.15, 0.2) is 42.5 Å². The van der Waals surface area contributed by atoms with Crippen LogP contribution in [0.4, 0.5) is 5.69 Å². The Morgan fingerprint density at radius 1 is 0.923 bits per heavy atom. The molecule has 0 radical (unpaired) electrons. The summed E-state index contributed by atoms with van der Waals surface area (Å²) in [5.74, 6) is -0.175. The van der Waals surface area contributed by atoms with Crippen molar-refractivity contribution in [2.24, 2.45) is 0 Å². The smallest absolute Gasteiger partial charge is 0.252 e. The topological polar surface area (TPSA) is 35.6 Å². The highest BCUT2D eigenvalue weighted by molar-refractivity contribution is 6.36. The number of carbonyl (C=O) groups excluding carboxylic acids is 1. The van der Waals surface area contributed by atoms with Crippen molar-refractivity contribution >= 4 is 46.4 Å². The maximum Gasteiger partial charge on any atom is 0.252 e. The average molecular weight is 413 g/mol. The van der Waals surface area contributed by atoms with E-state index in [1.165, 1.54) is 5.69 Å². The second-order valence-electron chi connectivity index (χ2n) is 6.19. The standard InChI is InChI=1S/C19H20Cl3N3O/c20-14-1-4-16(5-2-14)25-11-9-24(10-12-25)8-7-23-19(26)17-6-3-15(21)13-18(17)22/h1-6,13H,7-12H2,(H,23,26). The minimum absolute atomic E-state index is 0.175. The molecule has 1 aliphatic rings. The summed E-state index contributed by atoms with van der Waals surface area (Å²) in [6, 6.07) is 12.8. The Morgan fingerprint density at radius 3 is 2.23 bits per heavy atom. The van der Waals surface area contributed by atoms with Crippen molar-refractivity contribution in [3.05, 3.63) is 63.1 Å². The highest BCUT2D eigenvalue weighted by Crippen LogP contribution is 2.21. The lowest BCUT2D eigenvalue weighted by atomic mass is 10.2. The van der Waals surface area contributed by atoms with E-state index in [-0.39, 0.29) is 5.91 Å². The van der Waals surface area contributed by atoms with Crippen LogP contribution in [0.1, 0.15) is 10.4 Å². The van der Waals surface area contributed by atoms with Crippen LogP contribution < -0.4 is 10.2 Å². The van der Waals surface area contributed by atoms with E-state index in [0.717, 1.165) is 37.7 Å². The summed E-state index contributed by atoms with van der Waals surface area (Å²) < 4.78 is 0. The predicted molar refractivity (Wildman–Crippen MR) is 109 cm³/mol. The van der Waals surface area contributed by atoms with E-state index < -0.39 is 0 Å². The van der Waals surface area contributed by atoms with Crippen molar-refractivity contribution in [3.8, 4) is 0 Å². The van der Waals surface area contributed by atoms with Crippen molar-refractivity contribution in [3.63, 3.8) is 0 Å². The molecule has 1 heterocycles. The molecular formula is C19H20Cl3N3O. The molecule has 1 N–H and O–H groups in total. The molecule has 0 spiro atoms. The van der Waals surface area contributed by atoms with Crippen molar-refractivity contribution in [2.75, 3.05) is 44.2 Å². The van der Waals surface area contributed by atoms with E-state index in [4.69, 9.17) is 34.8 Å². The van der Waals surface area contributed by atoms with Gasteiger partial charge < -0.3 is 10.2 Å². The molecule has 4 nitrogen and oxygen atoms in total. The molecule has 0 saturated carbocycles. The second-order valence-corrected chi connectivity index (χ2v) is 7.47. The lowest BCUT2D eigenvalue weighted by molar-refractivity contribution is 0.0948. The number of piperazine rings is 1. The zero-order valence-electron chi connectivity index (χ0n) is 14.2. The SMILES string of the molecule is O=C(NCCN1CCN(c2ccc(Cl)cc2)CC1)c1ccc(Cl)cc1Cl. The Kier molecular flexibility index (Phi) is 6.65. The Balaban J connectivity index is 1.42. The number of rotatable bonds is 5. The monoisotopic (exact) mass is 411 g/mol. The van der Waals surface area contributed by atoms with Gasteiger partial charge in [-0.1, -0.05) is 34.8 Å². The zero-order chi connectivity index (χ0) is 18.5. The molecule has 0 unspecified atom stereocenters. The zero-order valence-corrected chi connectivity index (χ0v) is 16.5. The third kappa shape index (κ3) is 5.04. The highest BCUT2D eigenvalue weighted by Gasteiger charge is 2.17. The fraction of sp³-hybridized carbons (Fsp3) is 0.316. The first-order valence-electron chi connectivity index (χ1n) is 8.49. The van der Waals surface area contributed by atoms with Gasteiger partial charge in [0.05, 0.1) is 10.6 Å². The van der Waals surface area contributed by atoms with Gasteiger partial charge in [0.25, 0.3) is 5.91 Å².